The van der Waals surface area contributed by atoms with E-state index in [4.69, 9.17) is 9.47 Å². The first-order valence-corrected chi connectivity index (χ1v) is 9.57. The summed E-state index contributed by atoms with van der Waals surface area (Å²) in [7, 11) is 1.52. The molecule has 2 aromatic rings. The standard InChI is InChI=1S/C20H24N4O5/c1-12-6-8-29-15-11-23-10-14(19(27)22-9-13-5-3-4-7-21-13)17(25)18(26)16(23)20(28-2)24(12)15/h3-5,7,10,12,15,20,26H,6,8-9,11H2,1-2H3,(H,22,27)/t12-,15?,20?/m1/s1. The summed E-state index contributed by atoms with van der Waals surface area (Å²) in [4.78, 5) is 31.5. The Hall–Kier alpha value is -2.75. The smallest absolute Gasteiger partial charge is 0.257 e. The van der Waals surface area contributed by atoms with Gasteiger partial charge in [-0.25, -0.2) is 4.90 Å². The summed E-state index contributed by atoms with van der Waals surface area (Å²) in [5, 5.41) is 13.3. The zero-order valence-electron chi connectivity index (χ0n) is 16.4. The summed E-state index contributed by atoms with van der Waals surface area (Å²) in [6, 6.07) is 5.54. The zero-order valence-corrected chi connectivity index (χ0v) is 16.4. The number of methoxy groups -OCH3 is 1. The highest BCUT2D eigenvalue weighted by atomic mass is 16.5. The van der Waals surface area contributed by atoms with Crippen molar-refractivity contribution in [2.45, 2.75) is 44.9 Å². The van der Waals surface area contributed by atoms with Crippen LogP contribution >= 0.6 is 0 Å². The number of amides is 1. The largest absolute Gasteiger partial charge is 0.503 e. The molecule has 1 saturated heterocycles. The van der Waals surface area contributed by atoms with Gasteiger partial charge < -0.3 is 24.5 Å². The minimum absolute atomic E-state index is 0.130. The molecule has 0 aromatic carbocycles. The maximum absolute atomic E-state index is 12.8. The number of hydrogen-bond donors (Lipinski definition) is 2. The fraction of sp³-hybridized carbons (Fsp3) is 0.450. The van der Waals surface area contributed by atoms with Crippen LogP contribution in [0.3, 0.4) is 0 Å². The van der Waals surface area contributed by atoms with Crippen LogP contribution in [-0.2, 0) is 22.6 Å². The van der Waals surface area contributed by atoms with E-state index in [9.17, 15) is 14.7 Å². The third-order valence-electron chi connectivity index (χ3n) is 5.47. The van der Waals surface area contributed by atoms with Gasteiger partial charge in [0.25, 0.3) is 5.91 Å². The zero-order chi connectivity index (χ0) is 20.5. The molecule has 4 heterocycles. The number of hydrogen-bond acceptors (Lipinski definition) is 7. The number of rotatable bonds is 4. The molecule has 1 fully saturated rings. The van der Waals surface area contributed by atoms with E-state index in [0.717, 1.165) is 6.42 Å². The van der Waals surface area contributed by atoms with Gasteiger partial charge in [0.1, 0.15) is 17.5 Å². The Labute approximate surface area is 167 Å². The highest BCUT2D eigenvalue weighted by Gasteiger charge is 2.42. The van der Waals surface area contributed by atoms with Crippen LogP contribution in [0.15, 0.2) is 35.4 Å². The summed E-state index contributed by atoms with van der Waals surface area (Å²) in [6.07, 6.45) is 3.03. The second kappa shape index (κ2) is 7.94. The molecule has 9 heteroatoms. The Kier molecular flexibility index (Phi) is 5.35. The quantitative estimate of drug-likeness (QED) is 0.788. The van der Waals surface area contributed by atoms with Gasteiger partial charge in [-0.2, -0.15) is 0 Å². The van der Waals surface area contributed by atoms with Gasteiger partial charge in [-0.15, -0.1) is 0 Å². The number of carbonyl (C=O) groups excluding carboxylic acids is 1. The molecule has 154 valence electrons. The van der Waals surface area contributed by atoms with E-state index < -0.39 is 23.3 Å². The number of nitrogens with zero attached hydrogens (tertiary/aromatic N) is 3. The predicted octanol–water partition coefficient (Wildman–Crippen LogP) is 0.974. The molecule has 4 rings (SSSR count). The number of aromatic hydroxyl groups is 1. The molecule has 2 unspecified atom stereocenters. The fourth-order valence-electron chi connectivity index (χ4n) is 3.97. The van der Waals surface area contributed by atoms with Gasteiger partial charge in [0.15, 0.2) is 12.0 Å². The van der Waals surface area contributed by atoms with Gasteiger partial charge in [-0.1, -0.05) is 6.07 Å². The average Bonchev–Trinajstić information content (AvgIpc) is 2.74. The van der Waals surface area contributed by atoms with Crippen LogP contribution in [0, 0.1) is 0 Å². The average molecular weight is 400 g/mol. The van der Waals surface area contributed by atoms with Crippen molar-refractivity contribution < 1.29 is 19.4 Å². The molecule has 0 bridgehead atoms. The van der Waals surface area contributed by atoms with E-state index in [1.165, 1.54) is 13.3 Å². The summed E-state index contributed by atoms with van der Waals surface area (Å²) in [5.74, 6) is -1.04. The molecule has 2 aliphatic heterocycles. The normalized spacial score (nSPS) is 23.9. The summed E-state index contributed by atoms with van der Waals surface area (Å²) in [5.41, 5.74) is 0.158. The maximum Gasteiger partial charge on any atom is 0.257 e. The number of carbonyl (C=O) groups is 1. The molecule has 2 aromatic heterocycles. The van der Waals surface area contributed by atoms with E-state index in [1.54, 1.807) is 22.9 Å². The van der Waals surface area contributed by atoms with E-state index in [0.29, 0.717) is 24.5 Å². The first-order chi connectivity index (χ1) is 14.0. The monoisotopic (exact) mass is 400 g/mol. The van der Waals surface area contributed by atoms with Crippen LogP contribution in [-0.4, -0.2) is 51.5 Å². The van der Waals surface area contributed by atoms with Crippen LogP contribution < -0.4 is 10.7 Å². The Bertz CT molecular complexity index is 961. The van der Waals surface area contributed by atoms with E-state index in [-0.39, 0.29) is 24.4 Å². The van der Waals surface area contributed by atoms with Gasteiger partial charge in [0.05, 0.1) is 25.4 Å². The Morgan fingerprint density at radius 3 is 3.00 bits per heavy atom. The first kappa shape index (κ1) is 19.6. The van der Waals surface area contributed by atoms with Gasteiger partial charge in [-0.3, -0.25) is 14.6 Å². The summed E-state index contributed by atoms with van der Waals surface area (Å²) >= 11 is 0. The van der Waals surface area contributed by atoms with Gasteiger partial charge in [-0.05, 0) is 25.5 Å². The topological polar surface area (TPSA) is 106 Å². The highest BCUT2D eigenvalue weighted by molar-refractivity contribution is 5.94. The number of aromatic nitrogens is 2. The Morgan fingerprint density at radius 2 is 2.28 bits per heavy atom. The molecular formula is C20H24N4O5. The summed E-state index contributed by atoms with van der Waals surface area (Å²) in [6.45, 7) is 3.25. The van der Waals surface area contributed by atoms with Crippen molar-refractivity contribution in [1.29, 1.82) is 0 Å². The SMILES string of the molecule is COC1c2c(O)c(=O)c(C(=O)NCc3ccccn3)cn2CC2OCC[C@@H](C)N21. The van der Waals surface area contributed by atoms with Crippen LogP contribution in [0.1, 0.15) is 41.3 Å². The summed E-state index contributed by atoms with van der Waals surface area (Å²) < 4.78 is 13.2. The van der Waals surface area contributed by atoms with Crippen molar-refractivity contribution in [1.82, 2.24) is 19.8 Å². The van der Waals surface area contributed by atoms with Crippen molar-refractivity contribution >= 4 is 5.91 Å². The third kappa shape index (κ3) is 3.52. The van der Waals surface area contributed by atoms with Crippen molar-refractivity contribution in [3.05, 3.63) is 57.8 Å². The first-order valence-electron chi connectivity index (χ1n) is 9.57. The van der Waals surface area contributed by atoms with Gasteiger partial charge in [0.2, 0.25) is 5.43 Å². The van der Waals surface area contributed by atoms with Crippen LogP contribution in [0.4, 0.5) is 0 Å². The molecule has 2 aliphatic rings. The van der Waals surface area contributed by atoms with Crippen molar-refractivity contribution in [3.63, 3.8) is 0 Å². The number of ether oxygens (including phenoxy) is 2. The molecule has 2 N–H and O–H groups in total. The minimum atomic E-state index is -0.721. The van der Waals surface area contributed by atoms with Crippen LogP contribution in [0.5, 0.6) is 5.75 Å². The molecule has 0 spiro atoms. The predicted molar refractivity (Wildman–Crippen MR) is 103 cm³/mol. The minimum Gasteiger partial charge on any atom is -0.503 e. The lowest BCUT2D eigenvalue weighted by atomic mass is 10.1. The lowest BCUT2D eigenvalue weighted by Gasteiger charge is -2.48. The lowest BCUT2D eigenvalue weighted by Crippen LogP contribution is -2.55. The molecule has 0 saturated carbocycles. The fourth-order valence-corrected chi connectivity index (χ4v) is 3.97. The molecule has 9 nitrogen and oxygen atoms in total. The van der Waals surface area contributed by atoms with Crippen molar-refractivity contribution in [2.75, 3.05) is 13.7 Å². The van der Waals surface area contributed by atoms with E-state index in [2.05, 4.69) is 17.2 Å². The van der Waals surface area contributed by atoms with Crippen LogP contribution in [0.25, 0.3) is 0 Å². The van der Waals surface area contributed by atoms with E-state index in [1.807, 2.05) is 11.0 Å². The molecule has 0 radical (unpaired) electrons. The number of nitrogens with one attached hydrogen (secondary N) is 1. The Morgan fingerprint density at radius 1 is 1.45 bits per heavy atom. The lowest BCUT2D eigenvalue weighted by molar-refractivity contribution is -0.212. The van der Waals surface area contributed by atoms with Crippen LogP contribution in [0.2, 0.25) is 0 Å². The molecule has 29 heavy (non-hydrogen) atoms. The third-order valence-corrected chi connectivity index (χ3v) is 5.47. The molecule has 1 amide bonds. The van der Waals surface area contributed by atoms with Gasteiger partial charge >= 0.3 is 0 Å². The second-order valence-corrected chi connectivity index (χ2v) is 7.26. The highest BCUT2D eigenvalue weighted by Crippen LogP contribution is 2.38. The van der Waals surface area contributed by atoms with E-state index >= 15 is 0 Å². The molecular weight excluding hydrogens is 376 g/mol. The molecule has 3 atom stereocenters. The van der Waals surface area contributed by atoms with Gasteiger partial charge in [0, 0.05) is 25.5 Å². The number of fused-ring (bicyclic) bond motifs is 2. The van der Waals surface area contributed by atoms with Crippen molar-refractivity contribution in [3.8, 4) is 5.75 Å². The second-order valence-electron chi connectivity index (χ2n) is 7.26. The van der Waals surface area contributed by atoms with Crippen molar-refractivity contribution in [2.24, 2.45) is 0 Å². The maximum atomic E-state index is 12.8. The number of pyridine rings is 2. The molecule has 0 aliphatic carbocycles. The Balaban J connectivity index is 1.66.